The number of nitrogens with zero attached hydrogens (tertiary/aromatic N) is 1. The summed E-state index contributed by atoms with van der Waals surface area (Å²) in [5, 5.41) is 2.24. The summed E-state index contributed by atoms with van der Waals surface area (Å²) in [6, 6.07) is 4.47. The fraction of sp³-hybridized carbons (Fsp3) is 0.357. The quantitative estimate of drug-likeness (QED) is 0.843. The van der Waals surface area contributed by atoms with Crippen molar-refractivity contribution in [3.05, 3.63) is 28.2 Å². The van der Waals surface area contributed by atoms with Crippen LogP contribution in [0.3, 0.4) is 0 Å². The summed E-state index contributed by atoms with van der Waals surface area (Å²) < 4.78 is 0.891. The van der Waals surface area contributed by atoms with Crippen LogP contribution in [0.5, 0.6) is 0 Å². The van der Waals surface area contributed by atoms with Gasteiger partial charge in [-0.1, -0.05) is 29.8 Å². The van der Waals surface area contributed by atoms with Gasteiger partial charge in [-0.15, -0.1) is 0 Å². The molecule has 0 radical (unpaired) electrons. The van der Waals surface area contributed by atoms with Gasteiger partial charge in [0.15, 0.2) is 0 Å². The van der Waals surface area contributed by atoms with Crippen LogP contribution in [0.4, 0.5) is 10.5 Å². The molecule has 6 heteroatoms. The Labute approximate surface area is 125 Å². The van der Waals surface area contributed by atoms with Gasteiger partial charge < -0.3 is 0 Å². The van der Waals surface area contributed by atoms with Crippen LogP contribution in [0.25, 0.3) is 0 Å². The van der Waals surface area contributed by atoms with Crippen molar-refractivity contribution in [2.24, 2.45) is 11.8 Å². The molecule has 1 aromatic carbocycles. The number of aryl methyl sites for hydroxylation is 1. The number of carbonyl (C=O) groups excluding carboxylic acids is 3. The van der Waals surface area contributed by atoms with Crippen molar-refractivity contribution in [3.63, 3.8) is 0 Å². The molecule has 1 aromatic rings. The predicted molar refractivity (Wildman–Crippen MR) is 78.2 cm³/mol. The molecule has 0 bridgehead atoms. The maximum Gasteiger partial charge on any atom is 0.335 e. The van der Waals surface area contributed by atoms with Crippen molar-refractivity contribution in [1.82, 2.24) is 5.32 Å². The minimum atomic E-state index is -0.836. The number of rotatable bonds is 2. The largest absolute Gasteiger partial charge is 0.335 e. The topological polar surface area (TPSA) is 66.5 Å². The fourth-order valence-corrected chi connectivity index (χ4v) is 2.44. The predicted octanol–water partition coefficient (Wildman–Crippen LogP) is 2.61. The minimum absolute atomic E-state index is 0.172. The highest BCUT2D eigenvalue weighted by Gasteiger charge is 2.42. The summed E-state index contributed by atoms with van der Waals surface area (Å²) in [6.07, 6.45) is 0. The Bertz CT molecular complexity index is 598. The Morgan fingerprint density at radius 2 is 1.90 bits per heavy atom. The molecule has 1 fully saturated rings. The van der Waals surface area contributed by atoms with Gasteiger partial charge in [-0.3, -0.25) is 14.9 Å². The highest BCUT2D eigenvalue weighted by atomic mass is 79.9. The van der Waals surface area contributed by atoms with Crippen LogP contribution in [0.2, 0.25) is 0 Å². The summed E-state index contributed by atoms with van der Waals surface area (Å²) in [7, 11) is 0. The molecule has 1 atom stereocenters. The molecule has 0 saturated carbocycles. The highest BCUT2D eigenvalue weighted by molar-refractivity contribution is 9.10. The van der Waals surface area contributed by atoms with E-state index in [1.54, 1.807) is 32.0 Å². The summed E-state index contributed by atoms with van der Waals surface area (Å²) in [5.41, 5.74) is 1.37. The second kappa shape index (κ2) is 5.36. The van der Waals surface area contributed by atoms with E-state index in [1.165, 1.54) is 0 Å². The monoisotopic (exact) mass is 338 g/mol. The summed E-state index contributed by atoms with van der Waals surface area (Å²) in [6.45, 7) is 5.43. The lowest BCUT2D eigenvalue weighted by molar-refractivity contribution is -0.136. The first-order chi connectivity index (χ1) is 9.32. The third-order valence-corrected chi connectivity index (χ3v) is 4.16. The number of halogens is 1. The maximum atomic E-state index is 12.4. The van der Waals surface area contributed by atoms with Crippen molar-refractivity contribution in [2.45, 2.75) is 20.8 Å². The number of hydrogen-bond acceptors (Lipinski definition) is 3. The first-order valence-corrected chi connectivity index (χ1v) is 7.07. The number of anilines is 1. The average molecular weight is 339 g/mol. The van der Waals surface area contributed by atoms with E-state index < -0.39 is 23.8 Å². The molecular formula is C14H15BrN2O3. The van der Waals surface area contributed by atoms with Gasteiger partial charge in [0.05, 0.1) is 5.69 Å². The Balaban J connectivity index is 2.43. The number of hydrogen-bond donors (Lipinski definition) is 1. The number of barbiturate groups is 1. The Morgan fingerprint density at radius 3 is 2.45 bits per heavy atom. The molecule has 1 N–H and O–H groups in total. The van der Waals surface area contributed by atoms with Gasteiger partial charge >= 0.3 is 6.03 Å². The normalized spacial score (nSPS) is 19.6. The SMILES string of the molecule is Cc1cc(N2C(=O)NC(=O)C(C(C)C)C2=O)ccc1Br. The molecule has 1 unspecified atom stereocenters. The Kier molecular flexibility index (Phi) is 3.94. The Morgan fingerprint density at radius 1 is 1.25 bits per heavy atom. The molecule has 1 aliphatic rings. The summed E-state index contributed by atoms with van der Waals surface area (Å²) in [4.78, 5) is 37.2. The van der Waals surface area contributed by atoms with Crippen LogP contribution < -0.4 is 10.2 Å². The molecule has 4 amide bonds. The van der Waals surface area contributed by atoms with Crippen LogP contribution in [-0.2, 0) is 9.59 Å². The second-order valence-corrected chi connectivity index (χ2v) is 5.98. The van der Waals surface area contributed by atoms with E-state index in [-0.39, 0.29) is 5.92 Å². The van der Waals surface area contributed by atoms with E-state index in [0.29, 0.717) is 5.69 Å². The number of nitrogens with one attached hydrogen (secondary N) is 1. The van der Waals surface area contributed by atoms with Crippen LogP contribution in [0.15, 0.2) is 22.7 Å². The zero-order chi connectivity index (χ0) is 15.0. The van der Waals surface area contributed by atoms with E-state index in [0.717, 1.165) is 14.9 Å². The highest BCUT2D eigenvalue weighted by Crippen LogP contribution is 2.27. The molecule has 0 aromatic heterocycles. The first-order valence-electron chi connectivity index (χ1n) is 6.28. The fourth-order valence-electron chi connectivity index (χ4n) is 2.19. The Hall–Kier alpha value is -1.69. The third-order valence-electron chi connectivity index (χ3n) is 3.27. The molecule has 106 valence electrons. The van der Waals surface area contributed by atoms with Gasteiger partial charge in [0.25, 0.3) is 0 Å². The van der Waals surface area contributed by atoms with Gasteiger partial charge in [-0.05, 0) is 36.6 Å². The molecule has 1 aliphatic heterocycles. The van der Waals surface area contributed by atoms with Crippen molar-refractivity contribution in [3.8, 4) is 0 Å². The number of urea groups is 1. The molecule has 2 rings (SSSR count). The molecule has 5 nitrogen and oxygen atoms in total. The lowest BCUT2D eigenvalue weighted by Crippen LogP contribution is -2.59. The zero-order valence-corrected chi connectivity index (χ0v) is 13.0. The van der Waals surface area contributed by atoms with Gasteiger partial charge in [-0.2, -0.15) is 0 Å². The van der Waals surface area contributed by atoms with Gasteiger partial charge in [0, 0.05) is 4.47 Å². The summed E-state index contributed by atoms with van der Waals surface area (Å²) in [5.74, 6) is -2.01. The van der Waals surface area contributed by atoms with Gasteiger partial charge in [-0.25, -0.2) is 9.69 Å². The van der Waals surface area contributed by atoms with E-state index >= 15 is 0 Å². The van der Waals surface area contributed by atoms with Gasteiger partial charge in [0.1, 0.15) is 5.92 Å². The third kappa shape index (κ3) is 2.47. The number of carbonyl (C=O) groups is 3. The van der Waals surface area contributed by atoms with Crippen LogP contribution in [0, 0.1) is 18.8 Å². The molecule has 0 aliphatic carbocycles. The van der Waals surface area contributed by atoms with E-state index in [1.807, 2.05) is 6.92 Å². The molecular weight excluding hydrogens is 324 g/mol. The maximum absolute atomic E-state index is 12.4. The van der Waals surface area contributed by atoms with Crippen LogP contribution >= 0.6 is 15.9 Å². The number of benzene rings is 1. The molecule has 20 heavy (non-hydrogen) atoms. The number of imide groups is 2. The van der Waals surface area contributed by atoms with Crippen molar-refractivity contribution in [1.29, 1.82) is 0 Å². The zero-order valence-electron chi connectivity index (χ0n) is 11.4. The lowest BCUT2D eigenvalue weighted by atomic mass is 9.92. The van der Waals surface area contributed by atoms with E-state index in [2.05, 4.69) is 21.2 Å². The average Bonchev–Trinajstić information content (AvgIpc) is 2.32. The van der Waals surface area contributed by atoms with Crippen LogP contribution in [-0.4, -0.2) is 17.8 Å². The van der Waals surface area contributed by atoms with E-state index in [4.69, 9.17) is 0 Å². The molecule has 0 spiro atoms. The number of amides is 4. The smallest absolute Gasteiger partial charge is 0.277 e. The van der Waals surface area contributed by atoms with Crippen molar-refractivity contribution >= 4 is 39.5 Å². The minimum Gasteiger partial charge on any atom is -0.277 e. The second-order valence-electron chi connectivity index (χ2n) is 5.12. The summed E-state index contributed by atoms with van der Waals surface area (Å²) >= 11 is 3.37. The van der Waals surface area contributed by atoms with Crippen LogP contribution in [0.1, 0.15) is 19.4 Å². The lowest BCUT2D eigenvalue weighted by Gasteiger charge is -2.32. The standard InChI is InChI=1S/C14H15BrN2O3/c1-7(2)11-12(18)16-14(20)17(13(11)19)9-4-5-10(15)8(3)6-9/h4-7,11H,1-3H3,(H,16,18,20). The van der Waals surface area contributed by atoms with Gasteiger partial charge in [0.2, 0.25) is 11.8 Å². The molecule has 1 saturated heterocycles. The van der Waals surface area contributed by atoms with Crippen molar-refractivity contribution in [2.75, 3.05) is 4.90 Å². The first kappa shape index (κ1) is 14.7. The van der Waals surface area contributed by atoms with E-state index in [9.17, 15) is 14.4 Å². The van der Waals surface area contributed by atoms with Crippen molar-refractivity contribution < 1.29 is 14.4 Å². The molecule has 1 heterocycles.